The zero-order chi connectivity index (χ0) is 15.6. The van der Waals surface area contributed by atoms with Gasteiger partial charge in [0.1, 0.15) is 18.0 Å². The monoisotopic (exact) mass is 304 g/mol. The van der Waals surface area contributed by atoms with Crippen LogP contribution < -0.4 is 4.90 Å². The van der Waals surface area contributed by atoms with E-state index in [0.717, 1.165) is 16.6 Å². The van der Waals surface area contributed by atoms with Crippen LogP contribution in [-0.4, -0.2) is 34.4 Å². The number of benzene rings is 1. The first-order chi connectivity index (χ1) is 11.3. The molecule has 3 heterocycles. The lowest BCUT2D eigenvalue weighted by atomic mass is 10.1. The molecule has 0 atom stereocenters. The Morgan fingerprint density at radius 3 is 2.96 bits per heavy atom. The van der Waals surface area contributed by atoms with Gasteiger partial charge in [0.15, 0.2) is 0 Å². The van der Waals surface area contributed by atoms with Gasteiger partial charge < -0.3 is 4.74 Å². The van der Waals surface area contributed by atoms with Crippen molar-refractivity contribution >= 4 is 22.7 Å². The summed E-state index contributed by atoms with van der Waals surface area (Å²) in [4.78, 5) is 17.5. The number of nitrogens with one attached hydrogen (secondary N) is 1. The van der Waals surface area contributed by atoms with Gasteiger partial charge in [-0.05, 0) is 42.2 Å². The number of fused-ring (bicyclic) bond motifs is 1. The molecule has 0 spiro atoms. The second-order valence-electron chi connectivity index (χ2n) is 5.03. The Morgan fingerprint density at radius 1 is 1.22 bits per heavy atom. The normalized spacial score (nSPS) is 13.7. The summed E-state index contributed by atoms with van der Waals surface area (Å²) < 4.78 is 4.98. The summed E-state index contributed by atoms with van der Waals surface area (Å²) in [5.41, 5.74) is 2.96. The molecule has 0 saturated carbocycles. The number of cyclic esters (lactones) is 1. The predicted molar refractivity (Wildman–Crippen MR) is 85.0 cm³/mol. The molecule has 1 fully saturated rings. The summed E-state index contributed by atoms with van der Waals surface area (Å²) in [7, 11) is 0. The van der Waals surface area contributed by atoms with Crippen molar-refractivity contribution in [1.82, 2.24) is 15.2 Å². The van der Waals surface area contributed by atoms with E-state index in [1.165, 1.54) is 0 Å². The first-order valence-electron chi connectivity index (χ1n) is 7.17. The molecule has 1 aromatic carbocycles. The molecule has 112 valence electrons. The molecule has 4 rings (SSSR count). The van der Waals surface area contributed by atoms with E-state index in [2.05, 4.69) is 27.0 Å². The van der Waals surface area contributed by atoms with Crippen LogP contribution in [0.2, 0.25) is 0 Å². The van der Waals surface area contributed by atoms with Crippen molar-refractivity contribution in [2.24, 2.45) is 0 Å². The Balaban J connectivity index is 1.73. The van der Waals surface area contributed by atoms with Crippen molar-refractivity contribution in [2.45, 2.75) is 0 Å². The number of H-pyrrole nitrogens is 1. The summed E-state index contributed by atoms with van der Waals surface area (Å²) >= 11 is 0. The number of ether oxygens (including phenoxy) is 1. The number of carbonyl (C=O) groups is 1. The van der Waals surface area contributed by atoms with Gasteiger partial charge in [0.25, 0.3) is 0 Å². The Morgan fingerprint density at radius 2 is 2.17 bits per heavy atom. The lowest BCUT2D eigenvalue weighted by Gasteiger charge is -2.12. The molecule has 6 nitrogen and oxygen atoms in total. The molecule has 1 aliphatic rings. The summed E-state index contributed by atoms with van der Waals surface area (Å²) in [6.45, 7) is 0.964. The van der Waals surface area contributed by atoms with E-state index in [1.54, 1.807) is 11.1 Å². The zero-order valence-electron chi connectivity index (χ0n) is 12.1. The van der Waals surface area contributed by atoms with Crippen LogP contribution in [0, 0.1) is 11.8 Å². The highest BCUT2D eigenvalue weighted by Crippen LogP contribution is 2.25. The van der Waals surface area contributed by atoms with Crippen molar-refractivity contribution in [3.05, 3.63) is 54.0 Å². The van der Waals surface area contributed by atoms with Crippen LogP contribution in [0.3, 0.4) is 0 Å². The van der Waals surface area contributed by atoms with E-state index in [1.807, 2.05) is 36.4 Å². The number of nitrogens with zero attached hydrogens (tertiary/aromatic N) is 3. The standard InChI is InChI=1S/C17H12N4O2/c22-17-21(9-10-23-17)13-5-7-16-14(11-13)15(19-20-16)6-4-12-3-1-2-8-18-12/h1-3,5,7-8,11H,9-10H2,(H,19,20). The minimum absolute atomic E-state index is 0.325. The van der Waals surface area contributed by atoms with E-state index in [9.17, 15) is 4.79 Å². The number of aromatic nitrogens is 3. The maximum atomic E-state index is 11.7. The van der Waals surface area contributed by atoms with Gasteiger partial charge in [0, 0.05) is 17.3 Å². The highest BCUT2D eigenvalue weighted by atomic mass is 16.6. The second kappa shape index (κ2) is 5.46. The third kappa shape index (κ3) is 2.49. The number of carbonyl (C=O) groups excluding carboxylic acids is 1. The molecule has 0 bridgehead atoms. The van der Waals surface area contributed by atoms with Crippen molar-refractivity contribution < 1.29 is 9.53 Å². The van der Waals surface area contributed by atoms with Gasteiger partial charge in [-0.15, -0.1) is 0 Å². The summed E-state index contributed by atoms with van der Waals surface area (Å²) in [5, 5.41) is 8.05. The number of amides is 1. The van der Waals surface area contributed by atoms with E-state index in [-0.39, 0.29) is 6.09 Å². The van der Waals surface area contributed by atoms with Crippen molar-refractivity contribution in [3.8, 4) is 11.8 Å². The van der Waals surface area contributed by atoms with Gasteiger partial charge in [-0.1, -0.05) is 6.07 Å². The molecule has 23 heavy (non-hydrogen) atoms. The van der Waals surface area contributed by atoms with Gasteiger partial charge in [-0.25, -0.2) is 9.78 Å². The molecular formula is C17H12N4O2. The summed E-state index contributed by atoms with van der Waals surface area (Å²) in [6.07, 6.45) is 1.37. The van der Waals surface area contributed by atoms with Gasteiger partial charge in [0.2, 0.25) is 0 Å². The third-order valence-corrected chi connectivity index (χ3v) is 3.59. The highest BCUT2D eigenvalue weighted by Gasteiger charge is 2.23. The van der Waals surface area contributed by atoms with E-state index in [4.69, 9.17) is 4.74 Å². The van der Waals surface area contributed by atoms with E-state index in [0.29, 0.717) is 24.5 Å². The molecule has 6 heteroatoms. The number of anilines is 1. The number of rotatable bonds is 1. The fourth-order valence-electron chi connectivity index (χ4n) is 2.45. The summed E-state index contributed by atoms with van der Waals surface area (Å²) in [5.74, 6) is 6.01. The van der Waals surface area contributed by atoms with Crippen molar-refractivity contribution in [1.29, 1.82) is 0 Å². The van der Waals surface area contributed by atoms with E-state index < -0.39 is 0 Å². The molecule has 1 amide bonds. The number of aromatic amines is 1. The molecule has 1 N–H and O–H groups in total. The maximum absolute atomic E-state index is 11.7. The quantitative estimate of drug-likeness (QED) is 0.700. The SMILES string of the molecule is O=C1OCCN1c1ccc2[nH]nc(C#Cc3ccccn3)c2c1. The lowest BCUT2D eigenvalue weighted by Crippen LogP contribution is -2.23. The second-order valence-corrected chi connectivity index (χ2v) is 5.03. The topological polar surface area (TPSA) is 71.1 Å². The minimum atomic E-state index is -0.325. The van der Waals surface area contributed by atoms with Gasteiger partial charge in [-0.2, -0.15) is 5.10 Å². The molecule has 0 unspecified atom stereocenters. The summed E-state index contributed by atoms with van der Waals surface area (Å²) in [6, 6.07) is 11.2. The number of hydrogen-bond donors (Lipinski definition) is 1. The van der Waals surface area contributed by atoms with Crippen LogP contribution in [0.5, 0.6) is 0 Å². The Bertz CT molecular complexity index is 937. The Hall–Kier alpha value is -3.33. The first kappa shape index (κ1) is 13.3. The molecule has 0 radical (unpaired) electrons. The predicted octanol–water partition coefficient (Wildman–Crippen LogP) is 2.31. The molecule has 0 aliphatic carbocycles. The van der Waals surface area contributed by atoms with Crippen LogP contribution in [0.15, 0.2) is 42.6 Å². The maximum Gasteiger partial charge on any atom is 0.414 e. The van der Waals surface area contributed by atoms with Crippen LogP contribution in [0.25, 0.3) is 10.9 Å². The van der Waals surface area contributed by atoms with Gasteiger partial charge in [-0.3, -0.25) is 10.00 Å². The molecular weight excluding hydrogens is 292 g/mol. The van der Waals surface area contributed by atoms with Crippen molar-refractivity contribution in [3.63, 3.8) is 0 Å². The average Bonchev–Trinajstić information content (AvgIpc) is 3.19. The third-order valence-electron chi connectivity index (χ3n) is 3.59. The Labute approximate surface area is 132 Å². The number of hydrogen-bond acceptors (Lipinski definition) is 4. The Kier molecular flexibility index (Phi) is 3.17. The van der Waals surface area contributed by atoms with Crippen LogP contribution in [0.4, 0.5) is 10.5 Å². The van der Waals surface area contributed by atoms with Gasteiger partial charge in [0.05, 0.1) is 12.1 Å². The first-order valence-corrected chi connectivity index (χ1v) is 7.17. The van der Waals surface area contributed by atoms with Crippen LogP contribution >= 0.6 is 0 Å². The smallest absolute Gasteiger partial charge is 0.414 e. The number of pyridine rings is 1. The van der Waals surface area contributed by atoms with Crippen LogP contribution in [0.1, 0.15) is 11.4 Å². The average molecular weight is 304 g/mol. The minimum Gasteiger partial charge on any atom is -0.447 e. The molecule has 1 aliphatic heterocycles. The van der Waals surface area contributed by atoms with Crippen molar-refractivity contribution in [2.75, 3.05) is 18.1 Å². The zero-order valence-corrected chi connectivity index (χ0v) is 12.1. The molecule has 3 aromatic rings. The molecule has 2 aromatic heterocycles. The van der Waals surface area contributed by atoms with E-state index >= 15 is 0 Å². The fraction of sp³-hybridized carbons (Fsp3) is 0.118. The van der Waals surface area contributed by atoms with Gasteiger partial charge >= 0.3 is 6.09 Å². The van der Waals surface area contributed by atoms with Crippen LogP contribution in [-0.2, 0) is 4.74 Å². The fourth-order valence-corrected chi connectivity index (χ4v) is 2.45. The lowest BCUT2D eigenvalue weighted by molar-refractivity contribution is 0.181. The molecule has 1 saturated heterocycles. The largest absolute Gasteiger partial charge is 0.447 e. The highest BCUT2D eigenvalue weighted by molar-refractivity contribution is 5.94.